The van der Waals surface area contributed by atoms with E-state index in [1.165, 1.54) is 31.2 Å². The minimum Gasteiger partial charge on any atom is -0.480 e. The lowest BCUT2D eigenvalue weighted by molar-refractivity contribution is -0.138. The van der Waals surface area contributed by atoms with Crippen molar-refractivity contribution >= 4 is 17.8 Å². The molecule has 0 fully saturated rings. The van der Waals surface area contributed by atoms with Crippen molar-refractivity contribution < 1.29 is 19.5 Å². The number of carbonyl (C=O) groups excluding carboxylic acids is 2. The molecule has 1 aromatic rings. The average molecular weight is 236 g/mol. The Morgan fingerprint density at radius 1 is 1.18 bits per heavy atom. The van der Waals surface area contributed by atoms with E-state index < -0.39 is 23.8 Å². The van der Waals surface area contributed by atoms with Crippen LogP contribution in [0.3, 0.4) is 0 Å². The van der Waals surface area contributed by atoms with Gasteiger partial charge < -0.3 is 16.2 Å². The van der Waals surface area contributed by atoms with Crippen LogP contribution in [-0.2, 0) is 4.79 Å². The summed E-state index contributed by atoms with van der Waals surface area (Å²) in [5, 5.41) is 10.9. The summed E-state index contributed by atoms with van der Waals surface area (Å²) in [7, 11) is 0. The van der Waals surface area contributed by atoms with E-state index in [0.717, 1.165) is 0 Å². The van der Waals surface area contributed by atoms with E-state index in [9.17, 15) is 14.4 Å². The first-order valence-corrected chi connectivity index (χ1v) is 4.85. The molecule has 0 bridgehead atoms. The minimum absolute atomic E-state index is 0.267. The Morgan fingerprint density at radius 3 is 2.06 bits per heavy atom. The quantitative estimate of drug-likeness (QED) is 0.682. The topological polar surface area (TPSA) is 109 Å². The Bertz CT molecular complexity index is 453. The van der Waals surface area contributed by atoms with Crippen molar-refractivity contribution in [3.05, 3.63) is 35.4 Å². The Kier molecular flexibility index (Phi) is 3.82. The third-order valence-electron chi connectivity index (χ3n) is 2.15. The number of hydrogen-bond acceptors (Lipinski definition) is 3. The number of aliphatic carboxylic acids is 1. The van der Waals surface area contributed by atoms with Crippen LogP contribution in [0.5, 0.6) is 0 Å². The predicted octanol–water partition coefficient (Wildman–Crippen LogP) is -0.0116. The van der Waals surface area contributed by atoms with Crippen molar-refractivity contribution in [2.45, 2.75) is 13.0 Å². The molecule has 0 saturated carbocycles. The Balaban J connectivity index is 2.77. The minimum atomic E-state index is -1.12. The number of nitrogens with two attached hydrogens (primary N) is 1. The van der Waals surface area contributed by atoms with Gasteiger partial charge in [0.25, 0.3) is 5.91 Å². The standard InChI is InChI=1S/C11H12N2O4/c1-6(11(16)17)13-10(15)8-4-2-7(3-5-8)9(12)14/h2-6H,1H3,(H2,12,14)(H,13,15)(H,16,17)/t6-/m1/s1. The lowest BCUT2D eigenvalue weighted by Gasteiger charge is -2.09. The number of carboxylic acid groups (broad SMARTS) is 1. The first kappa shape index (κ1) is 12.7. The van der Waals surface area contributed by atoms with Gasteiger partial charge in [-0.25, -0.2) is 0 Å². The second-order valence-electron chi connectivity index (χ2n) is 3.47. The van der Waals surface area contributed by atoms with Crippen LogP contribution in [0.25, 0.3) is 0 Å². The molecule has 1 rings (SSSR count). The van der Waals surface area contributed by atoms with Gasteiger partial charge in [0.2, 0.25) is 5.91 Å². The van der Waals surface area contributed by atoms with Crippen molar-refractivity contribution in [3.63, 3.8) is 0 Å². The summed E-state index contributed by atoms with van der Waals surface area (Å²) in [5.74, 6) is -2.22. The van der Waals surface area contributed by atoms with Crippen molar-refractivity contribution in [1.29, 1.82) is 0 Å². The molecule has 4 N–H and O–H groups in total. The number of amides is 2. The molecule has 0 saturated heterocycles. The molecule has 6 heteroatoms. The van der Waals surface area contributed by atoms with Gasteiger partial charge in [-0.1, -0.05) is 0 Å². The molecule has 0 radical (unpaired) electrons. The fourth-order valence-electron chi connectivity index (χ4n) is 1.13. The second-order valence-corrected chi connectivity index (χ2v) is 3.47. The number of benzene rings is 1. The van der Waals surface area contributed by atoms with E-state index in [-0.39, 0.29) is 11.1 Å². The summed E-state index contributed by atoms with van der Waals surface area (Å²) in [6, 6.07) is 4.65. The monoisotopic (exact) mass is 236 g/mol. The molecule has 0 spiro atoms. The summed E-state index contributed by atoms with van der Waals surface area (Å²) in [6.45, 7) is 1.36. The Hall–Kier alpha value is -2.37. The van der Waals surface area contributed by atoms with Gasteiger partial charge in [0.05, 0.1) is 0 Å². The molecule has 6 nitrogen and oxygen atoms in total. The maximum atomic E-state index is 11.6. The summed E-state index contributed by atoms with van der Waals surface area (Å²) in [6.07, 6.45) is 0. The van der Waals surface area contributed by atoms with E-state index >= 15 is 0 Å². The summed E-state index contributed by atoms with van der Waals surface area (Å²) in [4.78, 5) is 32.9. The van der Waals surface area contributed by atoms with Gasteiger partial charge in [-0.15, -0.1) is 0 Å². The zero-order valence-electron chi connectivity index (χ0n) is 9.14. The van der Waals surface area contributed by atoms with Gasteiger partial charge in [0, 0.05) is 11.1 Å². The van der Waals surface area contributed by atoms with Gasteiger partial charge in [-0.2, -0.15) is 0 Å². The largest absolute Gasteiger partial charge is 0.480 e. The highest BCUT2D eigenvalue weighted by atomic mass is 16.4. The Labute approximate surface area is 97.4 Å². The average Bonchev–Trinajstić information content (AvgIpc) is 2.28. The van der Waals surface area contributed by atoms with E-state index in [1.807, 2.05) is 0 Å². The van der Waals surface area contributed by atoms with Gasteiger partial charge in [-0.05, 0) is 31.2 Å². The van der Waals surface area contributed by atoms with Crippen LogP contribution in [0.15, 0.2) is 24.3 Å². The molecule has 17 heavy (non-hydrogen) atoms. The molecule has 0 heterocycles. The number of hydrogen-bond donors (Lipinski definition) is 3. The third-order valence-corrected chi connectivity index (χ3v) is 2.15. The number of nitrogens with one attached hydrogen (secondary N) is 1. The van der Waals surface area contributed by atoms with Crippen molar-refractivity contribution in [2.24, 2.45) is 5.73 Å². The Morgan fingerprint density at radius 2 is 1.65 bits per heavy atom. The van der Waals surface area contributed by atoms with E-state index in [2.05, 4.69) is 5.32 Å². The highest BCUT2D eigenvalue weighted by molar-refractivity contribution is 5.98. The molecule has 0 aromatic heterocycles. The molecule has 0 unspecified atom stereocenters. The zero-order chi connectivity index (χ0) is 13.0. The molecular weight excluding hydrogens is 224 g/mol. The number of carboxylic acids is 1. The molecule has 1 atom stereocenters. The van der Waals surface area contributed by atoms with Gasteiger partial charge in [0.1, 0.15) is 6.04 Å². The second kappa shape index (κ2) is 5.11. The van der Waals surface area contributed by atoms with Crippen LogP contribution in [0, 0.1) is 0 Å². The van der Waals surface area contributed by atoms with Gasteiger partial charge in [-0.3, -0.25) is 14.4 Å². The maximum absolute atomic E-state index is 11.6. The van der Waals surface area contributed by atoms with E-state index in [0.29, 0.717) is 0 Å². The fourth-order valence-corrected chi connectivity index (χ4v) is 1.13. The molecule has 0 aliphatic heterocycles. The lowest BCUT2D eigenvalue weighted by atomic mass is 10.1. The number of primary amides is 1. The van der Waals surface area contributed by atoms with Gasteiger partial charge in [0.15, 0.2) is 0 Å². The molecule has 90 valence electrons. The van der Waals surface area contributed by atoms with Crippen LogP contribution in [0.2, 0.25) is 0 Å². The van der Waals surface area contributed by atoms with Crippen LogP contribution < -0.4 is 11.1 Å². The molecule has 2 amide bonds. The summed E-state index contributed by atoms with van der Waals surface area (Å²) >= 11 is 0. The highest BCUT2D eigenvalue weighted by Gasteiger charge is 2.15. The summed E-state index contributed by atoms with van der Waals surface area (Å²) < 4.78 is 0. The molecular formula is C11H12N2O4. The fraction of sp³-hybridized carbons (Fsp3) is 0.182. The number of carbonyl (C=O) groups is 3. The first-order chi connectivity index (χ1) is 7.91. The van der Waals surface area contributed by atoms with Crippen molar-refractivity contribution in [3.8, 4) is 0 Å². The normalized spacial score (nSPS) is 11.6. The smallest absolute Gasteiger partial charge is 0.325 e. The van der Waals surface area contributed by atoms with Crippen LogP contribution in [0.4, 0.5) is 0 Å². The SMILES string of the molecule is C[C@@H](NC(=O)c1ccc(C(N)=O)cc1)C(=O)O. The van der Waals surface area contributed by atoms with Crippen LogP contribution in [0.1, 0.15) is 27.6 Å². The third kappa shape index (κ3) is 3.30. The van der Waals surface area contributed by atoms with Crippen molar-refractivity contribution in [2.75, 3.05) is 0 Å². The van der Waals surface area contributed by atoms with Crippen LogP contribution >= 0.6 is 0 Å². The van der Waals surface area contributed by atoms with Crippen LogP contribution in [-0.4, -0.2) is 28.9 Å². The molecule has 0 aliphatic carbocycles. The number of rotatable bonds is 4. The summed E-state index contributed by atoms with van der Waals surface area (Å²) in [5.41, 5.74) is 5.59. The van der Waals surface area contributed by atoms with E-state index in [4.69, 9.17) is 10.8 Å². The molecule has 1 aromatic carbocycles. The highest BCUT2D eigenvalue weighted by Crippen LogP contribution is 2.04. The maximum Gasteiger partial charge on any atom is 0.325 e. The first-order valence-electron chi connectivity index (χ1n) is 4.85. The lowest BCUT2D eigenvalue weighted by Crippen LogP contribution is -2.38. The predicted molar refractivity (Wildman–Crippen MR) is 59.5 cm³/mol. The zero-order valence-corrected chi connectivity index (χ0v) is 9.14. The van der Waals surface area contributed by atoms with E-state index in [1.54, 1.807) is 0 Å². The van der Waals surface area contributed by atoms with Gasteiger partial charge >= 0.3 is 5.97 Å². The van der Waals surface area contributed by atoms with Crippen molar-refractivity contribution in [1.82, 2.24) is 5.32 Å². The molecule has 0 aliphatic rings.